The number of nitrogens with zero attached hydrogens (tertiary/aromatic N) is 4. The summed E-state index contributed by atoms with van der Waals surface area (Å²) in [5.74, 6) is -0.873. The molecule has 1 amide bonds. The Kier molecular flexibility index (Phi) is 8.25. The Hall–Kier alpha value is -3.26. The maximum Gasteiger partial charge on any atom is 0.406 e. The van der Waals surface area contributed by atoms with Crippen molar-refractivity contribution >= 4 is 18.0 Å². The van der Waals surface area contributed by atoms with Crippen LogP contribution in [0.3, 0.4) is 0 Å². The summed E-state index contributed by atoms with van der Waals surface area (Å²) in [6.07, 6.45) is 3.11. The number of carbonyl (C=O) groups is 2. The van der Waals surface area contributed by atoms with Crippen LogP contribution < -0.4 is 11.2 Å². The lowest BCUT2D eigenvalue weighted by atomic mass is 9.66. The zero-order chi connectivity index (χ0) is 33.2. The minimum absolute atomic E-state index is 0.0142. The molecule has 10 nitrogen and oxygen atoms in total. The normalized spacial score (nSPS) is 32.0. The number of fused-ring (bicyclic) bond motifs is 8. The lowest BCUT2D eigenvalue weighted by Gasteiger charge is -2.43. The standard InChI is InChI=1S/C34H43F3N6O4/c1-33(2)18-47-32(45)24-7-5-12-43(40-24)31(44)23(38)16-41-13-10-20(15-41)19-8-9-25-22(14-19)26-27(33)30(46-3)28-21(6-4-11-39-28)29(26)42(25)17-34(35,36)37/h4,6,8-9,11,19-20,23-24,27,30,40H,5,7,10,12-18,38H2,1-3H3/t19?,20-,23?,24+,27?,30+/m1/s1. The van der Waals surface area contributed by atoms with Crippen LogP contribution in [0.2, 0.25) is 0 Å². The van der Waals surface area contributed by atoms with Gasteiger partial charge < -0.3 is 24.7 Å². The van der Waals surface area contributed by atoms with E-state index in [4.69, 9.17) is 15.2 Å². The summed E-state index contributed by atoms with van der Waals surface area (Å²) in [6.45, 7) is 5.13. The fraction of sp³-hybridized carbons (Fsp3) is 0.618. The Morgan fingerprint density at radius 3 is 2.77 bits per heavy atom. The molecule has 2 aromatic heterocycles. The molecule has 254 valence electrons. The van der Waals surface area contributed by atoms with Crippen molar-refractivity contribution in [3.63, 3.8) is 0 Å². The Bertz CT molecular complexity index is 1590. The molecule has 0 saturated carbocycles. The number of halogens is 3. The molecule has 4 unspecified atom stereocenters. The van der Waals surface area contributed by atoms with Gasteiger partial charge in [0.25, 0.3) is 5.91 Å². The van der Waals surface area contributed by atoms with E-state index >= 15 is 0 Å². The van der Waals surface area contributed by atoms with E-state index in [1.54, 1.807) is 19.4 Å². The van der Waals surface area contributed by atoms with Gasteiger partial charge in [-0.2, -0.15) is 13.2 Å². The van der Waals surface area contributed by atoms with Gasteiger partial charge in [0.2, 0.25) is 0 Å². The molecule has 2 aliphatic carbocycles. The van der Waals surface area contributed by atoms with E-state index in [0.29, 0.717) is 55.0 Å². The molecule has 13 heteroatoms. The number of pyridine rings is 1. The molecule has 2 fully saturated rings. The van der Waals surface area contributed by atoms with Crippen LogP contribution in [0.25, 0.3) is 17.3 Å². The number of cyclic esters (lactones) is 1. The van der Waals surface area contributed by atoms with Crippen LogP contribution in [0.15, 0.2) is 24.4 Å². The summed E-state index contributed by atoms with van der Waals surface area (Å²) in [5.41, 5.74) is 12.7. The number of hydrogen-bond acceptors (Lipinski definition) is 8. The summed E-state index contributed by atoms with van der Waals surface area (Å²) in [5, 5.41) is 1.46. The summed E-state index contributed by atoms with van der Waals surface area (Å²) >= 11 is 0. The highest BCUT2D eigenvalue weighted by Crippen LogP contribution is 2.57. The van der Waals surface area contributed by atoms with Gasteiger partial charge in [-0.15, -0.1) is 0 Å². The van der Waals surface area contributed by atoms with Crippen LogP contribution in [0, 0.1) is 17.3 Å². The van der Waals surface area contributed by atoms with Crippen LogP contribution in [0.4, 0.5) is 13.2 Å². The molecule has 2 aromatic rings. The smallest absolute Gasteiger partial charge is 0.406 e. The summed E-state index contributed by atoms with van der Waals surface area (Å²) in [4.78, 5) is 33.7. The fourth-order valence-corrected chi connectivity index (χ4v) is 8.62. The minimum Gasteiger partial charge on any atom is -0.464 e. The molecule has 3 N–H and O–H groups in total. The molecular formula is C34H43F3N6O4. The summed E-state index contributed by atoms with van der Waals surface area (Å²) in [6, 6.07) is 2.10. The first-order valence-corrected chi connectivity index (χ1v) is 16.6. The monoisotopic (exact) mass is 656 g/mol. The van der Waals surface area contributed by atoms with Crippen molar-refractivity contribution in [1.82, 2.24) is 24.9 Å². The number of rotatable bonds is 2. The number of ether oxygens (including phenoxy) is 2. The van der Waals surface area contributed by atoms with Gasteiger partial charge in [-0.3, -0.25) is 19.6 Å². The van der Waals surface area contributed by atoms with Crippen LogP contribution >= 0.6 is 0 Å². The van der Waals surface area contributed by atoms with Crippen LogP contribution in [-0.2, 0) is 32.0 Å². The van der Waals surface area contributed by atoms with E-state index in [0.717, 1.165) is 30.6 Å². The maximum absolute atomic E-state index is 14.3. The molecule has 0 spiro atoms. The molecule has 5 heterocycles. The number of nitrogens with one attached hydrogen (secondary N) is 1. The molecule has 0 aromatic carbocycles. The Morgan fingerprint density at radius 2 is 2.00 bits per heavy atom. The van der Waals surface area contributed by atoms with Crippen LogP contribution in [-0.4, -0.2) is 89.5 Å². The average molecular weight is 657 g/mol. The van der Waals surface area contributed by atoms with Gasteiger partial charge in [0.05, 0.1) is 24.0 Å². The van der Waals surface area contributed by atoms with Gasteiger partial charge in [-0.1, -0.05) is 19.9 Å². The number of allylic oxidation sites excluding steroid dienone is 1. The third-order valence-corrected chi connectivity index (χ3v) is 10.8. The van der Waals surface area contributed by atoms with Crippen molar-refractivity contribution in [2.75, 3.05) is 39.9 Å². The first kappa shape index (κ1) is 32.3. The number of carbonyl (C=O) groups excluding carboxylic acids is 2. The molecule has 2 saturated heterocycles. The Morgan fingerprint density at radius 1 is 1.19 bits per heavy atom. The molecule has 3 aliphatic heterocycles. The van der Waals surface area contributed by atoms with E-state index < -0.39 is 48.2 Å². The molecule has 7 atom stereocenters. The van der Waals surface area contributed by atoms with Crippen LogP contribution in [0.1, 0.15) is 67.6 Å². The van der Waals surface area contributed by atoms with Gasteiger partial charge in [-0.25, -0.2) is 5.43 Å². The minimum atomic E-state index is -4.46. The molecule has 7 rings (SSSR count). The number of aromatic nitrogens is 2. The lowest BCUT2D eigenvalue weighted by Crippen LogP contribution is -2.60. The van der Waals surface area contributed by atoms with Crippen molar-refractivity contribution in [3.05, 3.63) is 46.9 Å². The van der Waals surface area contributed by atoms with Crippen molar-refractivity contribution in [3.8, 4) is 11.3 Å². The number of methoxy groups -OCH3 is 1. The Labute approximate surface area is 272 Å². The van der Waals surface area contributed by atoms with E-state index in [1.807, 2.05) is 26.0 Å². The second kappa shape index (κ2) is 12.0. The largest absolute Gasteiger partial charge is 0.464 e. The zero-order valence-corrected chi connectivity index (χ0v) is 27.1. The van der Waals surface area contributed by atoms with Crippen molar-refractivity contribution in [2.45, 2.75) is 76.4 Å². The predicted molar refractivity (Wildman–Crippen MR) is 168 cm³/mol. The number of esters is 1. The van der Waals surface area contributed by atoms with E-state index in [-0.39, 0.29) is 24.3 Å². The van der Waals surface area contributed by atoms with Gasteiger partial charge in [0, 0.05) is 55.5 Å². The zero-order valence-electron chi connectivity index (χ0n) is 27.1. The van der Waals surface area contributed by atoms with Crippen molar-refractivity contribution in [1.29, 1.82) is 0 Å². The highest BCUT2D eigenvalue weighted by Gasteiger charge is 2.50. The lowest BCUT2D eigenvalue weighted by molar-refractivity contribution is -0.156. The highest BCUT2D eigenvalue weighted by atomic mass is 19.4. The molecule has 6 bridgehead atoms. The summed E-state index contributed by atoms with van der Waals surface area (Å²) < 4.78 is 56.5. The number of nitrogens with two attached hydrogens (primary N) is 1. The predicted octanol–water partition coefficient (Wildman–Crippen LogP) is 3.81. The number of hydrogen-bond donors (Lipinski definition) is 2. The molecule has 0 radical (unpaired) electrons. The Balaban J connectivity index is 1.38. The third-order valence-electron chi connectivity index (χ3n) is 10.8. The number of alkyl halides is 3. The van der Waals surface area contributed by atoms with Gasteiger partial charge in [0.15, 0.2) is 0 Å². The molecular weight excluding hydrogens is 613 g/mol. The summed E-state index contributed by atoms with van der Waals surface area (Å²) in [7, 11) is 1.60. The maximum atomic E-state index is 14.3. The van der Waals surface area contributed by atoms with Crippen molar-refractivity contribution < 1.29 is 32.2 Å². The first-order chi connectivity index (χ1) is 22.4. The van der Waals surface area contributed by atoms with Gasteiger partial charge in [-0.05, 0) is 73.4 Å². The van der Waals surface area contributed by atoms with Crippen molar-refractivity contribution in [2.24, 2.45) is 23.0 Å². The van der Waals surface area contributed by atoms with Crippen LogP contribution in [0.5, 0.6) is 0 Å². The highest BCUT2D eigenvalue weighted by molar-refractivity contribution is 5.83. The van der Waals surface area contributed by atoms with Gasteiger partial charge in [0.1, 0.15) is 18.7 Å². The number of hydrazine groups is 1. The van der Waals surface area contributed by atoms with Gasteiger partial charge >= 0.3 is 12.1 Å². The van der Waals surface area contributed by atoms with E-state index in [9.17, 15) is 22.8 Å². The van der Waals surface area contributed by atoms with E-state index in [1.165, 1.54) is 9.58 Å². The fourth-order valence-electron chi connectivity index (χ4n) is 8.62. The molecule has 5 aliphatic rings. The average Bonchev–Trinajstić information content (AvgIpc) is 3.63. The topological polar surface area (TPSA) is 115 Å². The second-order valence-electron chi connectivity index (χ2n) is 14.4. The van der Waals surface area contributed by atoms with E-state index in [2.05, 4.69) is 21.4 Å². The third kappa shape index (κ3) is 5.78. The SMILES string of the molecule is CO[C@@H]1c2ncccc2-c2c3c4c(n2CC(F)(F)F)C=CC(C4)[C@@H]2CCN(CC(N)C(=O)N4CCC[C@H](N4)C(=O)OCC(C)(C)C31)C2. The molecule has 47 heavy (non-hydrogen) atoms. The second-order valence-corrected chi connectivity index (χ2v) is 14.4. The number of amides is 1. The first-order valence-electron chi connectivity index (χ1n) is 16.6. The quantitative estimate of drug-likeness (QED) is 0.470.